The third kappa shape index (κ3) is 3.41. The van der Waals surface area contributed by atoms with Gasteiger partial charge in [0, 0.05) is 18.8 Å². The lowest BCUT2D eigenvalue weighted by molar-refractivity contribution is -0.384. The number of ether oxygens (including phenoxy) is 1. The Morgan fingerprint density at radius 3 is 2.78 bits per heavy atom. The molecule has 0 atom stereocenters. The predicted octanol–water partition coefficient (Wildman–Crippen LogP) is 1.84. The molecular weight excluding hydrogens is 238 g/mol. The highest BCUT2D eigenvalue weighted by molar-refractivity contribution is 5.90. The molecule has 0 spiro atoms. The van der Waals surface area contributed by atoms with Crippen molar-refractivity contribution < 1.29 is 14.5 Å². The van der Waals surface area contributed by atoms with Crippen LogP contribution in [0.15, 0.2) is 12.3 Å². The van der Waals surface area contributed by atoms with Crippen LogP contribution in [0.25, 0.3) is 0 Å². The number of anilines is 1. The first kappa shape index (κ1) is 13.9. The van der Waals surface area contributed by atoms with Gasteiger partial charge >= 0.3 is 11.7 Å². The Morgan fingerprint density at radius 1 is 1.61 bits per heavy atom. The molecule has 0 aliphatic rings. The zero-order valence-electron chi connectivity index (χ0n) is 10.5. The Hall–Kier alpha value is -2.18. The van der Waals surface area contributed by atoms with Crippen molar-refractivity contribution in [3.05, 3.63) is 27.9 Å². The predicted molar refractivity (Wildman–Crippen MR) is 65.6 cm³/mol. The molecule has 1 heterocycles. The molecular formula is C11H15N3O4. The third-order valence-corrected chi connectivity index (χ3v) is 2.16. The molecule has 7 nitrogen and oxygen atoms in total. The first-order valence-electron chi connectivity index (χ1n) is 5.42. The average molecular weight is 253 g/mol. The summed E-state index contributed by atoms with van der Waals surface area (Å²) in [6, 6.07) is 1.15. The number of rotatable bonds is 5. The standard InChI is InChI=1S/C11H15N3O4/c1-7(2)5-12-10-9(14(16)17)4-8(6-13-10)11(15)18-3/h4,6-7H,5H2,1-3H3,(H,12,13). The summed E-state index contributed by atoms with van der Waals surface area (Å²) in [6.07, 6.45) is 1.25. The number of nitrogens with one attached hydrogen (secondary N) is 1. The minimum absolute atomic E-state index is 0.0549. The van der Waals surface area contributed by atoms with Gasteiger partial charge in [-0.15, -0.1) is 0 Å². The number of aromatic nitrogens is 1. The number of nitrogens with zero attached hydrogens (tertiary/aromatic N) is 2. The van der Waals surface area contributed by atoms with Crippen LogP contribution < -0.4 is 5.32 Å². The van der Waals surface area contributed by atoms with Gasteiger partial charge in [-0.2, -0.15) is 0 Å². The molecule has 0 fully saturated rings. The highest BCUT2D eigenvalue weighted by Crippen LogP contribution is 2.23. The molecule has 0 saturated heterocycles. The van der Waals surface area contributed by atoms with E-state index in [1.54, 1.807) is 0 Å². The van der Waals surface area contributed by atoms with Gasteiger partial charge in [-0.1, -0.05) is 13.8 Å². The van der Waals surface area contributed by atoms with Crippen LogP contribution in [0.4, 0.5) is 11.5 Å². The van der Waals surface area contributed by atoms with Crippen LogP contribution in [-0.4, -0.2) is 29.5 Å². The Morgan fingerprint density at radius 2 is 2.28 bits per heavy atom. The SMILES string of the molecule is COC(=O)c1cnc(NCC(C)C)c([N+](=O)[O-])c1. The lowest BCUT2D eigenvalue weighted by Crippen LogP contribution is -2.12. The number of carbonyl (C=O) groups excluding carboxylic acids is 1. The monoisotopic (exact) mass is 253 g/mol. The molecule has 0 aromatic carbocycles. The molecule has 18 heavy (non-hydrogen) atoms. The molecule has 1 aromatic rings. The van der Waals surface area contributed by atoms with Crippen molar-refractivity contribution in [3.8, 4) is 0 Å². The summed E-state index contributed by atoms with van der Waals surface area (Å²) in [7, 11) is 1.21. The van der Waals surface area contributed by atoms with Crippen molar-refractivity contribution in [1.82, 2.24) is 4.98 Å². The maximum absolute atomic E-state index is 11.3. The van der Waals surface area contributed by atoms with Gasteiger partial charge in [0.25, 0.3) is 0 Å². The second kappa shape index (κ2) is 5.95. The second-order valence-corrected chi connectivity index (χ2v) is 4.12. The van der Waals surface area contributed by atoms with E-state index < -0.39 is 10.9 Å². The molecule has 7 heteroatoms. The van der Waals surface area contributed by atoms with Crippen LogP contribution in [0, 0.1) is 16.0 Å². The molecule has 0 unspecified atom stereocenters. The van der Waals surface area contributed by atoms with Crippen LogP contribution in [-0.2, 0) is 4.74 Å². The zero-order valence-corrected chi connectivity index (χ0v) is 10.5. The van der Waals surface area contributed by atoms with Gasteiger partial charge in [0.15, 0.2) is 0 Å². The molecule has 98 valence electrons. The number of esters is 1. The largest absolute Gasteiger partial charge is 0.465 e. The fourth-order valence-corrected chi connectivity index (χ4v) is 1.26. The van der Waals surface area contributed by atoms with Crippen LogP contribution >= 0.6 is 0 Å². The minimum atomic E-state index is -0.652. The Kier molecular flexibility index (Phi) is 4.59. The van der Waals surface area contributed by atoms with Crippen molar-refractivity contribution in [2.24, 2.45) is 5.92 Å². The van der Waals surface area contributed by atoms with Crippen molar-refractivity contribution in [2.45, 2.75) is 13.8 Å². The van der Waals surface area contributed by atoms with E-state index in [1.807, 2.05) is 13.8 Å². The fourth-order valence-electron chi connectivity index (χ4n) is 1.26. The van der Waals surface area contributed by atoms with Gasteiger partial charge in [-0.3, -0.25) is 10.1 Å². The third-order valence-electron chi connectivity index (χ3n) is 2.16. The summed E-state index contributed by atoms with van der Waals surface area (Å²) in [5.74, 6) is -0.172. The smallest absolute Gasteiger partial charge is 0.339 e. The van der Waals surface area contributed by atoms with Crippen molar-refractivity contribution in [3.63, 3.8) is 0 Å². The molecule has 0 bridgehead atoms. The molecule has 0 amide bonds. The summed E-state index contributed by atoms with van der Waals surface area (Å²) >= 11 is 0. The van der Waals surface area contributed by atoms with E-state index in [9.17, 15) is 14.9 Å². The molecule has 0 aliphatic heterocycles. The maximum Gasteiger partial charge on any atom is 0.339 e. The van der Waals surface area contributed by atoms with Crippen LogP contribution in [0.3, 0.4) is 0 Å². The number of hydrogen-bond acceptors (Lipinski definition) is 6. The van der Waals surface area contributed by atoms with E-state index >= 15 is 0 Å². The van der Waals surface area contributed by atoms with E-state index in [2.05, 4.69) is 15.0 Å². The molecule has 0 radical (unpaired) electrons. The first-order valence-corrected chi connectivity index (χ1v) is 5.42. The van der Waals surface area contributed by atoms with Gasteiger partial charge in [0.2, 0.25) is 5.82 Å². The van der Waals surface area contributed by atoms with E-state index in [0.717, 1.165) is 6.07 Å². The summed E-state index contributed by atoms with van der Waals surface area (Å²) in [5.41, 5.74) is -0.183. The highest BCUT2D eigenvalue weighted by atomic mass is 16.6. The van der Waals surface area contributed by atoms with Gasteiger partial charge in [0.1, 0.15) is 0 Å². The Labute approximate surface area is 104 Å². The zero-order chi connectivity index (χ0) is 13.7. The summed E-state index contributed by atoms with van der Waals surface area (Å²) in [6.45, 7) is 4.51. The van der Waals surface area contributed by atoms with Gasteiger partial charge in [0.05, 0.1) is 17.6 Å². The number of nitro groups is 1. The van der Waals surface area contributed by atoms with Crippen LogP contribution in [0.2, 0.25) is 0 Å². The molecule has 1 N–H and O–H groups in total. The number of carbonyl (C=O) groups is 1. The van der Waals surface area contributed by atoms with Crippen molar-refractivity contribution in [2.75, 3.05) is 19.0 Å². The lowest BCUT2D eigenvalue weighted by Gasteiger charge is -2.08. The van der Waals surface area contributed by atoms with E-state index in [0.29, 0.717) is 12.5 Å². The Balaban J connectivity index is 3.04. The highest BCUT2D eigenvalue weighted by Gasteiger charge is 2.19. The topological polar surface area (TPSA) is 94.4 Å². The van der Waals surface area contributed by atoms with E-state index in [4.69, 9.17) is 0 Å². The molecule has 0 aliphatic carbocycles. The molecule has 1 rings (SSSR count). The molecule has 0 saturated carbocycles. The molecule has 1 aromatic heterocycles. The van der Waals surface area contributed by atoms with Gasteiger partial charge < -0.3 is 10.1 Å². The Bertz CT molecular complexity index is 460. The van der Waals surface area contributed by atoms with Gasteiger partial charge in [-0.25, -0.2) is 9.78 Å². The normalized spacial score (nSPS) is 10.2. The van der Waals surface area contributed by atoms with E-state index in [-0.39, 0.29) is 17.1 Å². The summed E-state index contributed by atoms with van der Waals surface area (Å²) < 4.78 is 4.49. The minimum Gasteiger partial charge on any atom is -0.465 e. The summed E-state index contributed by atoms with van der Waals surface area (Å²) in [5, 5.41) is 13.8. The summed E-state index contributed by atoms with van der Waals surface area (Å²) in [4.78, 5) is 25.5. The first-order chi connectivity index (χ1) is 8.45. The quantitative estimate of drug-likeness (QED) is 0.489. The number of pyridine rings is 1. The van der Waals surface area contributed by atoms with Crippen LogP contribution in [0.1, 0.15) is 24.2 Å². The van der Waals surface area contributed by atoms with Crippen LogP contribution in [0.5, 0.6) is 0 Å². The number of methoxy groups -OCH3 is 1. The van der Waals surface area contributed by atoms with Crippen molar-refractivity contribution >= 4 is 17.5 Å². The maximum atomic E-state index is 11.3. The number of hydrogen-bond donors (Lipinski definition) is 1. The van der Waals surface area contributed by atoms with Crippen molar-refractivity contribution in [1.29, 1.82) is 0 Å². The van der Waals surface area contributed by atoms with Gasteiger partial charge in [-0.05, 0) is 5.92 Å². The average Bonchev–Trinajstić information content (AvgIpc) is 2.34. The lowest BCUT2D eigenvalue weighted by atomic mass is 10.2. The van der Waals surface area contributed by atoms with E-state index in [1.165, 1.54) is 13.3 Å². The second-order valence-electron chi connectivity index (χ2n) is 4.12. The fraction of sp³-hybridized carbons (Fsp3) is 0.455.